The number of carbonyl (C=O) groups excluding carboxylic acids is 3. The van der Waals surface area contributed by atoms with Crippen LogP contribution in [0.4, 0.5) is 5.13 Å². The molecule has 0 saturated carbocycles. The lowest BCUT2D eigenvalue weighted by molar-refractivity contribution is -0.117. The molecule has 3 aromatic rings. The molecule has 0 radical (unpaired) electrons. The van der Waals surface area contributed by atoms with Gasteiger partial charge in [0.25, 0.3) is 11.8 Å². The highest BCUT2D eigenvalue weighted by Gasteiger charge is 2.19. The molecular weight excluding hydrogens is 414 g/mol. The number of amides is 3. The number of carbonyl (C=O) groups is 3. The lowest BCUT2D eigenvalue weighted by Gasteiger charge is -2.19. The van der Waals surface area contributed by atoms with Crippen molar-refractivity contribution in [3.63, 3.8) is 0 Å². The van der Waals surface area contributed by atoms with Gasteiger partial charge in [0.1, 0.15) is 11.7 Å². The summed E-state index contributed by atoms with van der Waals surface area (Å²) in [5.41, 5.74) is 8.41. The summed E-state index contributed by atoms with van der Waals surface area (Å²) in [4.78, 5) is 43.3. The van der Waals surface area contributed by atoms with Gasteiger partial charge in [-0.25, -0.2) is 4.98 Å². The summed E-state index contributed by atoms with van der Waals surface area (Å²) in [5.74, 6) is -1.27. The van der Waals surface area contributed by atoms with Gasteiger partial charge >= 0.3 is 0 Å². The molecule has 5 N–H and O–H groups in total. The van der Waals surface area contributed by atoms with Gasteiger partial charge in [0, 0.05) is 22.7 Å². The van der Waals surface area contributed by atoms with Crippen LogP contribution in [0.2, 0.25) is 0 Å². The number of hydrogen-bond donors (Lipinski definition) is 4. The molecule has 2 aromatic heterocycles. The molecule has 31 heavy (non-hydrogen) atoms. The van der Waals surface area contributed by atoms with Crippen molar-refractivity contribution in [2.45, 2.75) is 39.2 Å². The van der Waals surface area contributed by atoms with Crippen molar-refractivity contribution in [2.24, 2.45) is 5.73 Å². The van der Waals surface area contributed by atoms with Crippen molar-refractivity contribution >= 4 is 34.2 Å². The summed E-state index contributed by atoms with van der Waals surface area (Å²) >= 11 is 1.24. The average molecular weight is 440 g/mol. The van der Waals surface area contributed by atoms with Gasteiger partial charge in [0.15, 0.2) is 5.13 Å². The Labute approximate surface area is 184 Å². The summed E-state index contributed by atoms with van der Waals surface area (Å²) < 4.78 is 0. The maximum absolute atomic E-state index is 12.5. The molecule has 0 saturated heterocycles. The minimum atomic E-state index is -0.754. The maximum atomic E-state index is 12.5. The normalized spacial score (nSPS) is 12.3. The lowest BCUT2D eigenvalue weighted by atomic mass is 9.86. The molecule has 0 bridgehead atoms. The number of anilines is 1. The second-order valence-electron chi connectivity index (χ2n) is 8.22. The van der Waals surface area contributed by atoms with Crippen molar-refractivity contribution in [3.05, 3.63) is 58.7 Å². The van der Waals surface area contributed by atoms with Gasteiger partial charge in [-0.15, -0.1) is 11.3 Å². The topological polar surface area (TPSA) is 130 Å². The van der Waals surface area contributed by atoms with Gasteiger partial charge in [0.2, 0.25) is 5.91 Å². The zero-order valence-electron chi connectivity index (χ0n) is 17.8. The fourth-order valence-corrected chi connectivity index (χ4v) is 3.55. The molecule has 0 fully saturated rings. The number of rotatable bonds is 6. The molecule has 1 aromatic carbocycles. The van der Waals surface area contributed by atoms with Crippen LogP contribution in [0.5, 0.6) is 0 Å². The van der Waals surface area contributed by atoms with E-state index in [1.54, 1.807) is 36.7 Å². The highest BCUT2D eigenvalue weighted by atomic mass is 32.1. The number of primary amides is 1. The first-order chi connectivity index (χ1) is 14.5. The molecule has 9 heteroatoms. The summed E-state index contributed by atoms with van der Waals surface area (Å²) in [7, 11) is 0. The van der Waals surface area contributed by atoms with E-state index in [-0.39, 0.29) is 22.9 Å². The Morgan fingerprint density at radius 1 is 1.16 bits per heavy atom. The first-order valence-corrected chi connectivity index (χ1v) is 10.6. The minimum Gasteiger partial charge on any atom is -0.364 e. The monoisotopic (exact) mass is 439 g/mol. The molecule has 0 aliphatic rings. The van der Waals surface area contributed by atoms with E-state index in [0.717, 1.165) is 5.56 Å². The third-order valence-corrected chi connectivity index (χ3v) is 5.49. The van der Waals surface area contributed by atoms with Crippen LogP contribution in [-0.4, -0.2) is 33.7 Å². The number of H-pyrrole nitrogens is 1. The van der Waals surface area contributed by atoms with E-state index < -0.39 is 11.9 Å². The summed E-state index contributed by atoms with van der Waals surface area (Å²) in [6, 6.07) is 8.19. The summed E-state index contributed by atoms with van der Waals surface area (Å²) in [6.07, 6.45) is 1.62. The van der Waals surface area contributed by atoms with Crippen LogP contribution in [0.15, 0.2) is 41.9 Å². The van der Waals surface area contributed by atoms with E-state index in [1.165, 1.54) is 11.3 Å². The molecule has 162 valence electrons. The average Bonchev–Trinajstić information content (AvgIpc) is 3.36. The van der Waals surface area contributed by atoms with Crippen molar-refractivity contribution in [2.75, 3.05) is 5.32 Å². The van der Waals surface area contributed by atoms with E-state index in [9.17, 15) is 14.4 Å². The van der Waals surface area contributed by atoms with Crippen molar-refractivity contribution in [1.82, 2.24) is 15.3 Å². The van der Waals surface area contributed by atoms with Crippen LogP contribution in [-0.2, 0) is 10.2 Å². The molecule has 2 heterocycles. The molecule has 8 nitrogen and oxygen atoms in total. The number of hydrogen-bond acceptors (Lipinski definition) is 5. The Morgan fingerprint density at radius 3 is 2.42 bits per heavy atom. The minimum absolute atomic E-state index is 0.00342. The maximum Gasteiger partial charge on any atom is 0.265 e. The fraction of sp³-hybridized carbons (Fsp3) is 0.273. The molecule has 1 unspecified atom stereocenters. The molecule has 3 amide bonds. The summed E-state index contributed by atoms with van der Waals surface area (Å²) in [5, 5.41) is 7.54. The van der Waals surface area contributed by atoms with Crippen LogP contribution in [0.25, 0.3) is 11.3 Å². The van der Waals surface area contributed by atoms with Gasteiger partial charge in [-0.3, -0.25) is 14.4 Å². The molecule has 1 atom stereocenters. The number of aromatic amines is 1. The Bertz CT molecular complexity index is 1110. The summed E-state index contributed by atoms with van der Waals surface area (Å²) in [6.45, 7) is 7.91. The highest BCUT2D eigenvalue weighted by molar-refractivity contribution is 7.14. The lowest BCUT2D eigenvalue weighted by Crippen LogP contribution is -2.41. The van der Waals surface area contributed by atoms with Crippen LogP contribution in [0.3, 0.4) is 0 Å². The van der Waals surface area contributed by atoms with E-state index in [4.69, 9.17) is 5.73 Å². The fourth-order valence-electron chi connectivity index (χ4n) is 2.83. The third kappa shape index (κ3) is 5.37. The second kappa shape index (κ2) is 8.73. The van der Waals surface area contributed by atoms with Crippen molar-refractivity contribution in [1.29, 1.82) is 0 Å². The predicted octanol–water partition coefficient (Wildman–Crippen LogP) is 3.29. The number of nitrogens with two attached hydrogens (primary N) is 1. The Kier molecular flexibility index (Phi) is 6.26. The van der Waals surface area contributed by atoms with E-state index in [0.29, 0.717) is 22.0 Å². The van der Waals surface area contributed by atoms with Crippen molar-refractivity contribution < 1.29 is 14.4 Å². The van der Waals surface area contributed by atoms with Gasteiger partial charge in [0.05, 0.1) is 5.69 Å². The highest BCUT2D eigenvalue weighted by Crippen LogP contribution is 2.25. The van der Waals surface area contributed by atoms with E-state index in [1.807, 2.05) is 12.1 Å². The Balaban J connectivity index is 1.60. The molecule has 0 spiro atoms. The first kappa shape index (κ1) is 22.2. The number of nitrogens with zero attached hydrogens (tertiary/aromatic N) is 1. The van der Waals surface area contributed by atoms with Crippen LogP contribution in [0.1, 0.15) is 54.1 Å². The largest absolute Gasteiger partial charge is 0.364 e. The first-order valence-electron chi connectivity index (χ1n) is 9.71. The number of aromatic nitrogens is 2. The molecule has 0 aliphatic carbocycles. The van der Waals surface area contributed by atoms with E-state index >= 15 is 0 Å². The molecule has 0 aliphatic heterocycles. The second-order valence-corrected chi connectivity index (χ2v) is 9.07. The smallest absolute Gasteiger partial charge is 0.265 e. The Morgan fingerprint density at radius 2 is 1.84 bits per heavy atom. The third-order valence-electron chi connectivity index (χ3n) is 4.73. The SMILES string of the molecule is CC(NC(=O)c1ccc(C(C)(C)C)cc1)C(=O)Nc1nc(-c2c[nH]c(C(N)=O)c2)cs1. The number of benzene rings is 1. The van der Waals surface area contributed by atoms with E-state index in [2.05, 4.69) is 41.4 Å². The molecule has 3 rings (SSSR count). The van der Waals surface area contributed by atoms with Gasteiger partial charge in [-0.2, -0.15) is 0 Å². The Hall–Kier alpha value is -3.46. The quantitative estimate of drug-likeness (QED) is 0.469. The van der Waals surface area contributed by atoms with Crippen LogP contribution in [0, 0.1) is 0 Å². The number of thiazole rings is 1. The van der Waals surface area contributed by atoms with Gasteiger partial charge in [-0.1, -0.05) is 32.9 Å². The van der Waals surface area contributed by atoms with Crippen LogP contribution >= 0.6 is 11.3 Å². The zero-order chi connectivity index (χ0) is 22.8. The predicted molar refractivity (Wildman–Crippen MR) is 121 cm³/mol. The van der Waals surface area contributed by atoms with Gasteiger partial charge < -0.3 is 21.4 Å². The van der Waals surface area contributed by atoms with Gasteiger partial charge in [-0.05, 0) is 36.1 Å². The number of nitrogens with one attached hydrogen (secondary N) is 3. The van der Waals surface area contributed by atoms with Crippen LogP contribution < -0.4 is 16.4 Å². The molecular formula is C22H25N5O3S. The van der Waals surface area contributed by atoms with Crippen molar-refractivity contribution in [3.8, 4) is 11.3 Å². The standard InChI is InChI=1S/C22H25N5O3S/c1-12(25-20(30)13-5-7-15(8-6-13)22(2,3)4)19(29)27-21-26-17(11-31-21)14-9-16(18(23)28)24-10-14/h5-12,24H,1-4H3,(H2,23,28)(H,25,30)(H,26,27,29). The zero-order valence-corrected chi connectivity index (χ0v) is 18.6.